The molecule has 0 radical (unpaired) electrons. The van der Waals surface area contributed by atoms with Crippen molar-refractivity contribution < 1.29 is 14.3 Å². The average Bonchev–Trinajstić information content (AvgIpc) is 2.70. The predicted octanol–water partition coefficient (Wildman–Crippen LogP) is 4.64. The fraction of sp³-hybridized carbons (Fsp3) is 0.360. The van der Waals surface area contributed by atoms with Crippen LogP contribution in [0.3, 0.4) is 0 Å². The van der Waals surface area contributed by atoms with Crippen LogP contribution in [0.25, 0.3) is 22.2 Å². The van der Waals surface area contributed by atoms with Crippen LogP contribution in [-0.4, -0.2) is 63.5 Å². The van der Waals surface area contributed by atoms with Crippen molar-refractivity contribution in [3.05, 3.63) is 59.4 Å². The fourth-order valence-electron chi connectivity index (χ4n) is 4.47. The van der Waals surface area contributed by atoms with E-state index in [1.165, 1.54) is 0 Å². The minimum Gasteiger partial charge on any atom is -0.444 e. The van der Waals surface area contributed by atoms with Crippen molar-refractivity contribution in [1.29, 1.82) is 0 Å². The van der Waals surface area contributed by atoms with E-state index in [0.717, 1.165) is 22.2 Å². The number of hydrogen-bond donors (Lipinski definition) is 0. The van der Waals surface area contributed by atoms with Crippen molar-refractivity contribution in [3.63, 3.8) is 0 Å². The maximum Gasteiger partial charge on any atom is 0.410 e. The van der Waals surface area contributed by atoms with Crippen LogP contribution in [0.1, 0.15) is 31.1 Å². The molecule has 0 aliphatic carbocycles. The Morgan fingerprint density at radius 2 is 1.73 bits per heavy atom. The fourth-order valence-corrected chi connectivity index (χ4v) is 4.68. The molecule has 2 aliphatic heterocycles. The van der Waals surface area contributed by atoms with Gasteiger partial charge in [-0.1, -0.05) is 17.7 Å². The molecule has 3 aromatic rings. The highest BCUT2D eigenvalue weighted by Gasteiger charge is 2.55. The number of rotatable bonds is 2. The second-order valence-corrected chi connectivity index (χ2v) is 10.4. The van der Waals surface area contributed by atoms with Gasteiger partial charge in [-0.05, 0) is 51.1 Å². The summed E-state index contributed by atoms with van der Waals surface area (Å²) in [4.78, 5) is 37.4. The minimum atomic E-state index is -0.503. The lowest BCUT2D eigenvalue weighted by molar-refractivity contribution is -0.0980. The lowest BCUT2D eigenvalue weighted by Gasteiger charge is -2.59. The van der Waals surface area contributed by atoms with Crippen molar-refractivity contribution in [1.82, 2.24) is 19.8 Å². The molecule has 0 bridgehead atoms. The van der Waals surface area contributed by atoms with Crippen molar-refractivity contribution >= 4 is 34.5 Å². The molecule has 7 nitrogen and oxygen atoms in total. The van der Waals surface area contributed by atoms with E-state index in [4.69, 9.17) is 16.3 Å². The smallest absolute Gasteiger partial charge is 0.410 e. The number of nitrogens with zero attached hydrogens (tertiary/aromatic N) is 4. The third-order valence-electron chi connectivity index (χ3n) is 6.04. The van der Waals surface area contributed by atoms with Gasteiger partial charge in [-0.25, -0.2) is 4.79 Å². The number of pyridine rings is 2. The number of hydrogen-bond acceptors (Lipinski definition) is 5. The summed E-state index contributed by atoms with van der Waals surface area (Å²) in [6.45, 7) is 8.11. The summed E-state index contributed by atoms with van der Waals surface area (Å²) in [5.41, 5.74) is 2.55. The quantitative estimate of drug-likeness (QED) is 0.552. The van der Waals surface area contributed by atoms with Gasteiger partial charge in [-0.3, -0.25) is 14.8 Å². The molecule has 5 rings (SSSR count). The van der Waals surface area contributed by atoms with Gasteiger partial charge in [-0.15, -0.1) is 0 Å². The molecule has 0 unspecified atom stereocenters. The first kappa shape index (κ1) is 21.6. The summed E-state index contributed by atoms with van der Waals surface area (Å²) in [5.74, 6) is -0.0406. The third kappa shape index (κ3) is 4.13. The molecular weight excluding hydrogens is 440 g/mol. The number of likely N-dealkylation sites (tertiary alicyclic amines) is 2. The van der Waals surface area contributed by atoms with E-state index >= 15 is 0 Å². The first-order chi connectivity index (χ1) is 15.6. The van der Waals surface area contributed by atoms with Crippen LogP contribution in [0.4, 0.5) is 4.79 Å². The number of carbonyl (C=O) groups is 2. The number of fused-ring (bicyclic) bond motifs is 1. The summed E-state index contributed by atoms with van der Waals surface area (Å²) in [7, 11) is 0. The van der Waals surface area contributed by atoms with Crippen LogP contribution in [-0.2, 0) is 4.74 Å². The normalized spacial score (nSPS) is 17.0. The first-order valence-corrected chi connectivity index (χ1v) is 11.3. The molecule has 0 N–H and O–H groups in total. The van der Waals surface area contributed by atoms with Crippen LogP contribution in [0, 0.1) is 5.41 Å². The summed E-state index contributed by atoms with van der Waals surface area (Å²) in [6, 6.07) is 11.2. The summed E-state index contributed by atoms with van der Waals surface area (Å²) >= 11 is 6.30. The van der Waals surface area contributed by atoms with E-state index < -0.39 is 5.60 Å². The number of ether oxygens (including phenoxy) is 1. The van der Waals surface area contributed by atoms with E-state index in [1.54, 1.807) is 29.4 Å². The third-order valence-corrected chi connectivity index (χ3v) is 6.37. The molecule has 8 heteroatoms. The van der Waals surface area contributed by atoms with Gasteiger partial charge in [0.2, 0.25) is 0 Å². The van der Waals surface area contributed by atoms with E-state index in [9.17, 15) is 9.59 Å². The zero-order valence-corrected chi connectivity index (χ0v) is 19.6. The standard InChI is InChI=1S/C25H25ClN4O3/c1-24(2,3)33-23(32)30-14-25(15-30)12-29(13-25)22(31)17-5-6-20(28-11-17)16-4-7-21-18(10-16)19(26)8-9-27-21/h4-11H,12-15H2,1-3H3. The number of aromatic nitrogens is 2. The molecule has 0 saturated carbocycles. The summed E-state index contributed by atoms with van der Waals surface area (Å²) in [5, 5.41) is 1.51. The highest BCUT2D eigenvalue weighted by atomic mass is 35.5. The first-order valence-electron chi connectivity index (χ1n) is 10.9. The van der Waals surface area contributed by atoms with Crippen molar-refractivity contribution in [2.24, 2.45) is 5.41 Å². The maximum atomic E-state index is 12.9. The van der Waals surface area contributed by atoms with Gasteiger partial charge in [0.15, 0.2) is 0 Å². The summed E-state index contributed by atoms with van der Waals surface area (Å²) in [6.07, 6.45) is 3.01. The molecular formula is C25H25ClN4O3. The number of carbonyl (C=O) groups excluding carboxylic acids is 2. The van der Waals surface area contributed by atoms with Gasteiger partial charge in [-0.2, -0.15) is 0 Å². The van der Waals surface area contributed by atoms with Gasteiger partial charge >= 0.3 is 6.09 Å². The summed E-state index contributed by atoms with van der Waals surface area (Å²) < 4.78 is 5.41. The second-order valence-electron chi connectivity index (χ2n) is 9.95. The molecule has 2 fully saturated rings. The molecule has 0 atom stereocenters. The molecule has 4 heterocycles. The van der Waals surface area contributed by atoms with E-state index in [0.29, 0.717) is 36.8 Å². The van der Waals surface area contributed by atoms with Crippen LogP contribution in [0.15, 0.2) is 48.8 Å². The van der Waals surface area contributed by atoms with E-state index in [2.05, 4.69) is 9.97 Å². The van der Waals surface area contributed by atoms with Crippen LogP contribution < -0.4 is 0 Å². The topological polar surface area (TPSA) is 75.6 Å². The zero-order valence-electron chi connectivity index (χ0n) is 18.8. The lowest BCUT2D eigenvalue weighted by atomic mass is 9.73. The molecule has 1 aromatic carbocycles. The zero-order chi connectivity index (χ0) is 23.4. The Morgan fingerprint density at radius 1 is 1.00 bits per heavy atom. The van der Waals surface area contributed by atoms with Gasteiger partial charge in [0.05, 0.1) is 21.8 Å². The lowest BCUT2D eigenvalue weighted by Crippen LogP contribution is -2.73. The van der Waals surface area contributed by atoms with Crippen LogP contribution in [0.2, 0.25) is 5.02 Å². The monoisotopic (exact) mass is 464 g/mol. The number of amides is 2. The Hall–Kier alpha value is -3.19. The maximum absolute atomic E-state index is 12.9. The van der Waals surface area contributed by atoms with Crippen LogP contribution in [0.5, 0.6) is 0 Å². The SMILES string of the molecule is CC(C)(C)OC(=O)N1CC2(C1)CN(C(=O)c1ccc(-c3ccc4nccc(Cl)c4c3)nc1)C2. The highest BCUT2D eigenvalue weighted by Crippen LogP contribution is 2.40. The number of halogens is 1. The van der Waals surface area contributed by atoms with E-state index in [-0.39, 0.29) is 17.4 Å². The van der Waals surface area contributed by atoms with E-state index in [1.807, 2.05) is 49.9 Å². The molecule has 2 aliphatic rings. The van der Waals surface area contributed by atoms with Gasteiger partial charge in [0.1, 0.15) is 5.60 Å². The van der Waals surface area contributed by atoms with Crippen molar-refractivity contribution in [2.45, 2.75) is 26.4 Å². The van der Waals surface area contributed by atoms with Gasteiger partial charge in [0, 0.05) is 54.9 Å². The Balaban J connectivity index is 1.20. The van der Waals surface area contributed by atoms with Crippen LogP contribution >= 0.6 is 11.6 Å². The molecule has 1 spiro atoms. The molecule has 170 valence electrons. The minimum absolute atomic E-state index is 0.00165. The number of benzene rings is 1. The predicted molar refractivity (Wildman–Crippen MR) is 126 cm³/mol. The average molecular weight is 465 g/mol. The van der Waals surface area contributed by atoms with Crippen molar-refractivity contribution in [2.75, 3.05) is 26.2 Å². The Kier molecular flexibility index (Phi) is 5.05. The highest BCUT2D eigenvalue weighted by molar-refractivity contribution is 6.35. The molecule has 2 aromatic heterocycles. The Morgan fingerprint density at radius 3 is 2.39 bits per heavy atom. The van der Waals surface area contributed by atoms with Gasteiger partial charge < -0.3 is 14.5 Å². The molecule has 2 amide bonds. The Bertz CT molecular complexity index is 1240. The van der Waals surface area contributed by atoms with Gasteiger partial charge in [0.25, 0.3) is 5.91 Å². The molecule has 2 saturated heterocycles. The second kappa shape index (κ2) is 7.70. The molecule has 33 heavy (non-hydrogen) atoms. The van der Waals surface area contributed by atoms with Crippen molar-refractivity contribution in [3.8, 4) is 11.3 Å². The largest absolute Gasteiger partial charge is 0.444 e. The Labute approximate surface area is 197 Å².